The van der Waals surface area contributed by atoms with Crippen molar-refractivity contribution in [2.24, 2.45) is 0 Å². The molecule has 0 fully saturated rings. The molecule has 0 aliphatic carbocycles. The third kappa shape index (κ3) is 5.48. The first-order valence-electron chi connectivity index (χ1n) is 6.53. The minimum absolute atomic E-state index is 0.0288. The summed E-state index contributed by atoms with van der Waals surface area (Å²) < 4.78 is 0. The van der Waals surface area contributed by atoms with Crippen LogP contribution in [-0.4, -0.2) is 36.0 Å². The van der Waals surface area contributed by atoms with E-state index in [-0.39, 0.29) is 24.5 Å². The highest BCUT2D eigenvalue weighted by Crippen LogP contribution is 2.15. The van der Waals surface area contributed by atoms with Crippen LogP contribution in [0.4, 0.5) is 10.5 Å². The largest absolute Gasteiger partial charge is 0.352 e. The smallest absolute Gasteiger partial charge is 0.322 e. The molecule has 110 valence electrons. The van der Waals surface area contributed by atoms with Gasteiger partial charge in [-0.3, -0.25) is 4.79 Å². The third-order valence-corrected chi connectivity index (χ3v) is 2.76. The maximum atomic E-state index is 12.1. The lowest BCUT2D eigenvalue weighted by Crippen LogP contribution is -2.44. The van der Waals surface area contributed by atoms with Crippen molar-refractivity contribution < 1.29 is 9.59 Å². The van der Waals surface area contributed by atoms with Gasteiger partial charge in [-0.25, -0.2) is 4.79 Å². The fourth-order valence-corrected chi connectivity index (χ4v) is 1.83. The molecule has 0 bridgehead atoms. The highest BCUT2D eigenvalue weighted by atomic mass is 35.5. The lowest BCUT2D eigenvalue weighted by molar-refractivity contribution is -0.122. The molecule has 3 amide bonds. The molecule has 0 unspecified atom stereocenters. The van der Waals surface area contributed by atoms with Crippen LogP contribution in [0.5, 0.6) is 0 Å². The average Bonchev–Trinajstić information content (AvgIpc) is 2.34. The van der Waals surface area contributed by atoms with Gasteiger partial charge >= 0.3 is 6.03 Å². The second kappa shape index (κ2) is 7.75. The molecule has 5 nitrogen and oxygen atoms in total. The van der Waals surface area contributed by atoms with Gasteiger partial charge in [0.2, 0.25) is 5.91 Å². The second-order valence-electron chi connectivity index (χ2n) is 4.68. The van der Waals surface area contributed by atoms with Crippen LogP contribution in [0.25, 0.3) is 0 Å². The van der Waals surface area contributed by atoms with Gasteiger partial charge in [-0.2, -0.15) is 0 Å². The van der Waals surface area contributed by atoms with Gasteiger partial charge in [-0.05, 0) is 39.0 Å². The number of nitrogens with zero attached hydrogens (tertiary/aromatic N) is 1. The van der Waals surface area contributed by atoms with Crippen molar-refractivity contribution in [3.8, 4) is 0 Å². The summed E-state index contributed by atoms with van der Waals surface area (Å²) in [4.78, 5) is 25.2. The summed E-state index contributed by atoms with van der Waals surface area (Å²) in [6.07, 6.45) is 0. The zero-order valence-electron chi connectivity index (χ0n) is 11.9. The van der Waals surface area contributed by atoms with Crippen molar-refractivity contribution in [1.29, 1.82) is 0 Å². The number of nitrogens with one attached hydrogen (secondary N) is 2. The number of benzene rings is 1. The molecule has 0 aromatic heterocycles. The van der Waals surface area contributed by atoms with E-state index in [0.29, 0.717) is 17.3 Å². The molecule has 20 heavy (non-hydrogen) atoms. The molecule has 1 rings (SSSR count). The Bertz CT molecular complexity index is 477. The van der Waals surface area contributed by atoms with Crippen LogP contribution in [0.2, 0.25) is 5.02 Å². The number of hydrogen-bond donors (Lipinski definition) is 2. The number of amides is 3. The fourth-order valence-electron chi connectivity index (χ4n) is 1.64. The third-order valence-electron chi connectivity index (χ3n) is 2.53. The molecular formula is C14H20ClN3O2. The molecular weight excluding hydrogens is 278 g/mol. The zero-order valence-corrected chi connectivity index (χ0v) is 12.7. The topological polar surface area (TPSA) is 61.4 Å². The summed E-state index contributed by atoms with van der Waals surface area (Å²) in [5.74, 6) is -0.178. The lowest BCUT2D eigenvalue weighted by Gasteiger charge is -2.21. The Balaban J connectivity index is 2.61. The first kappa shape index (κ1) is 16.3. The summed E-state index contributed by atoms with van der Waals surface area (Å²) in [5, 5.41) is 6.01. The minimum Gasteiger partial charge on any atom is -0.352 e. The highest BCUT2D eigenvalue weighted by molar-refractivity contribution is 6.30. The number of urea groups is 1. The van der Waals surface area contributed by atoms with Gasteiger partial charge in [0.15, 0.2) is 0 Å². The van der Waals surface area contributed by atoms with Crippen LogP contribution in [0.1, 0.15) is 20.8 Å². The zero-order chi connectivity index (χ0) is 15.1. The molecule has 0 saturated carbocycles. The highest BCUT2D eigenvalue weighted by Gasteiger charge is 2.16. The summed E-state index contributed by atoms with van der Waals surface area (Å²) in [6.45, 7) is 6.04. The Kier molecular flexibility index (Phi) is 6.31. The molecule has 1 aromatic carbocycles. The van der Waals surface area contributed by atoms with E-state index in [1.54, 1.807) is 24.3 Å². The standard InChI is InChI=1S/C14H20ClN3O2/c1-4-18(9-13(19)16-10(2)3)14(20)17-12-7-5-6-11(15)8-12/h5-8,10H,4,9H2,1-3H3,(H,16,19)(H,17,20). The van der Waals surface area contributed by atoms with Crippen LogP contribution in [0, 0.1) is 0 Å². The van der Waals surface area contributed by atoms with Crippen molar-refractivity contribution in [3.05, 3.63) is 29.3 Å². The number of rotatable bonds is 5. The first-order chi connectivity index (χ1) is 9.42. The number of halogens is 1. The van der Waals surface area contributed by atoms with Crippen molar-refractivity contribution >= 4 is 29.2 Å². The number of carbonyl (C=O) groups excluding carboxylic acids is 2. The number of carbonyl (C=O) groups is 2. The van der Waals surface area contributed by atoms with E-state index < -0.39 is 0 Å². The molecule has 0 heterocycles. The van der Waals surface area contributed by atoms with Gasteiger partial charge in [-0.15, -0.1) is 0 Å². The van der Waals surface area contributed by atoms with Gasteiger partial charge in [-0.1, -0.05) is 17.7 Å². The van der Waals surface area contributed by atoms with Crippen LogP contribution >= 0.6 is 11.6 Å². The second-order valence-corrected chi connectivity index (χ2v) is 5.11. The number of hydrogen-bond acceptors (Lipinski definition) is 2. The van der Waals surface area contributed by atoms with Gasteiger partial charge in [0.05, 0.1) is 0 Å². The molecule has 1 aromatic rings. The Morgan fingerprint density at radius 3 is 2.60 bits per heavy atom. The summed E-state index contributed by atoms with van der Waals surface area (Å²) in [5.41, 5.74) is 0.602. The summed E-state index contributed by atoms with van der Waals surface area (Å²) in [6, 6.07) is 6.60. The monoisotopic (exact) mass is 297 g/mol. The van der Waals surface area contributed by atoms with Crippen LogP contribution in [0.15, 0.2) is 24.3 Å². The fraction of sp³-hybridized carbons (Fsp3) is 0.429. The SMILES string of the molecule is CCN(CC(=O)NC(C)C)C(=O)Nc1cccc(Cl)c1. The molecule has 0 saturated heterocycles. The van der Waals surface area contributed by atoms with E-state index >= 15 is 0 Å². The molecule has 6 heteroatoms. The molecule has 2 N–H and O–H groups in total. The predicted octanol–water partition coefficient (Wildman–Crippen LogP) is 2.72. The van der Waals surface area contributed by atoms with Crippen molar-refractivity contribution in [3.63, 3.8) is 0 Å². The lowest BCUT2D eigenvalue weighted by atomic mass is 10.3. The summed E-state index contributed by atoms with van der Waals surface area (Å²) in [7, 11) is 0. The Morgan fingerprint density at radius 1 is 1.35 bits per heavy atom. The molecule has 0 aliphatic heterocycles. The first-order valence-corrected chi connectivity index (χ1v) is 6.91. The molecule has 0 atom stereocenters. The van der Waals surface area contributed by atoms with Crippen molar-refractivity contribution in [1.82, 2.24) is 10.2 Å². The maximum absolute atomic E-state index is 12.1. The minimum atomic E-state index is -0.325. The van der Waals surface area contributed by atoms with Crippen molar-refractivity contribution in [2.45, 2.75) is 26.8 Å². The Labute approximate surface area is 124 Å². The predicted molar refractivity (Wildman–Crippen MR) is 81.0 cm³/mol. The Hall–Kier alpha value is -1.75. The molecule has 0 radical (unpaired) electrons. The maximum Gasteiger partial charge on any atom is 0.322 e. The van der Waals surface area contributed by atoms with E-state index in [1.165, 1.54) is 4.90 Å². The van der Waals surface area contributed by atoms with E-state index in [0.717, 1.165) is 0 Å². The average molecular weight is 298 g/mol. The summed E-state index contributed by atoms with van der Waals surface area (Å²) >= 11 is 5.85. The van der Waals surface area contributed by atoms with Gasteiger partial charge < -0.3 is 15.5 Å². The molecule has 0 aliphatic rings. The van der Waals surface area contributed by atoms with Gasteiger partial charge in [0.1, 0.15) is 6.54 Å². The number of anilines is 1. The quantitative estimate of drug-likeness (QED) is 0.878. The van der Waals surface area contributed by atoms with E-state index in [4.69, 9.17) is 11.6 Å². The van der Waals surface area contributed by atoms with Crippen LogP contribution in [0.3, 0.4) is 0 Å². The normalized spacial score (nSPS) is 10.2. The van der Waals surface area contributed by atoms with Crippen LogP contribution in [-0.2, 0) is 4.79 Å². The molecule has 0 spiro atoms. The van der Waals surface area contributed by atoms with Gasteiger partial charge in [0.25, 0.3) is 0 Å². The van der Waals surface area contributed by atoms with Crippen LogP contribution < -0.4 is 10.6 Å². The Morgan fingerprint density at radius 2 is 2.05 bits per heavy atom. The van der Waals surface area contributed by atoms with Gasteiger partial charge in [0, 0.05) is 23.3 Å². The number of likely N-dealkylation sites (N-methyl/N-ethyl adjacent to an activating group) is 1. The van der Waals surface area contributed by atoms with E-state index in [9.17, 15) is 9.59 Å². The van der Waals surface area contributed by atoms with E-state index in [2.05, 4.69) is 10.6 Å². The van der Waals surface area contributed by atoms with E-state index in [1.807, 2.05) is 20.8 Å². The van der Waals surface area contributed by atoms with Crippen molar-refractivity contribution in [2.75, 3.05) is 18.4 Å².